The molecule has 0 heterocycles. The van der Waals surface area contributed by atoms with E-state index in [0.717, 1.165) is 18.2 Å². The van der Waals surface area contributed by atoms with Crippen LogP contribution in [0.15, 0.2) is 36.4 Å². The van der Waals surface area contributed by atoms with Gasteiger partial charge in [-0.15, -0.1) is 0 Å². The van der Waals surface area contributed by atoms with Crippen LogP contribution >= 0.6 is 0 Å². The van der Waals surface area contributed by atoms with Gasteiger partial charge in [0.05, 0.1) is 16.2 Å². The molecule has 2 rings (SSSR count). The molecule has 0 aliphatic heterocycles. The molecule has 0 unspecified atom stereocenters. The van der Waals surface area contributed by atoms with Crippen LogP contribution in [0.2, 0.25) is 0 Å². The number of benzene rings is 2. The molecule has 21 heavy (non-hydrogen) atoms. The maximum absolute atomic E-state index is 13.5. The lowest BCUT2D eigenvalue weighted by Crippen LogP contribution is -2.04. The van der Waals surface area contributed by atoms with E-state index in [-0.39, 0.29) is 16.9 Å². The van der Waals surface area contributed by atoms with Gasteiger partial charge in [0.25, 0.3) is 5.69 Å². The highest BCUT2D eigenvalue weighted by molar-refractivity contribution is 5.95. The van der Waals surface area contributed by atoms with Crippen LogP contribution in [0.1, 0.15) is 15.9 Å². The predicted molar refractivity (Wildman–Crippen MR) is 74.5 cm³/mol. The Bertz CT molecular complexity index is 731. The number of nitro groups is 1. The highest BCUT2D eigenvalue weighted by atomic mass is 19.1. The Hall–Kier alpha value is -2.96. The lowest BCUT2D eigenvalue weighted by atomic mass is 10.1. The fourth-order valence-corrected chi connectivity index (χ4v) is 1.76. The van der Waals surface area contributed by atoms with Gasteiger partial charge in [-0.05, 0) is 30.7 Å². The zero-order chi connectivity index (χ0) is 15.6. The Balaban J connectivity index is 2.45. The monoisotopic (exact) mass is 290 g/mol. The number of carbonyl (C=O) groups is 1. The molecule has 0 aromatic heterocycles. The number of hydrogen-bond acceptors (Lipinski definition) is 4. The first-order valence-corrected chi connectivity index (χ1v) is 5.93. The molecular weight excluding hydrogens is 279 g/mol. The van der Waals surface area contributed by atoms with Crippen LogP contribution in [0.3, 0.4) is 0 Å². The number of halogens is 1. The maximum atomic E-state index is 13.5. The van der Waals surface area contributed by atoms with Gasteiger partial charge >= 0.3 is 5.97 Å². The number of nitrogens with one attached hydrogen (secondary N) is 1. The van der Waals surface area contributed by atoms with Crippen LogP contribution in [-0.2, 0) is 0 Å². The van der Waals surface area contributed by atoms with E-state index in [2.05, 4.69) is 5.32 Å². The van der Waals surface area contributed by atoms with Crippen LogP contribution < -0.4 is 5.32 Å². The lowest BCUT2D eigenvalue weighted by Gasteiger charge is -2.10. The molecule has 0 fully saturated rings. The fourth-order valence-electron chi connectivity index (χ4n) is 1.76. The molecule has 0 amide bonds. The Morgan fingerprint density at radius 1 is 1.29 bits per heavy atom. The minimum Gasteiger partial charge on any atom is -0.478 e. The third kappa shape index (κ3) is 3.14. The van der Waals surface area contributed by atoms with E-state index in [1.54, 1.807) is 13.0 Å². The molecule has 7 heteroatoms. The molecule has 0 aliphatic carbocycles. The van der Waals surface area contributed by atoms with E-state index in [1.165, 1.54) is 12.1 Å². The second kappa shape index (κ2) is 5.58. The average Bonchev–Trinajstić information content (AvgIpc) is 2.42. The number of anilines is 2. The summed E-state index contributed by atoms with van der Waals surface area (Å²) in [6.07, 6.45) is 0. The van der Waals surface area contributed by atoms with Gasteiger partial charge in [0.1, 0.15) is 5.82 Å². The van der Waals surface area contributed by atoms with Gasteiger partial charge in [-0.2, -0.15) is 0 Å². The standard InChI is InChI=1S/C14H11FN2O4/c1-8-2-3-9(6-12(8)15)16-13-7-10(17(20)21)4-5-11(13)14(18)19/h2-7,16H,1H3,(H,18,19). The zero-order valence-corrected chi connectivity index (χ0v) is 11.0. The van der Waals surface area contributed by atoms with E-state index >= 15 is 0 Å². The summed E-state index contributed by atoms with van der Waals surface area (Å²) in [6, 6.07) is 7.61. The van der Waals surface area contributed by atoms with Gasteiger partial charge in [-0.3, -0.25) is 10.1 Å². The Labute approximate surface area is 119 Å². The summed E-state index contributed by atoms with van der Waals surface area (Å²) in [5.74, 6) is -1.69. The molecule has 0 aliphatic rings. The van der Waals surface area contributed by atoms with E-state index < -0.39 is 16.7 Å². The predicted octanol–water partition coefficient (Wildman–Crippen LogP) is 3.48. The van der Waals surface area contributed by atoms with Crippen molar-refractivity contribution in [2.75, 3.05) is 5.32 Å². The highest BCUT2D eigenvalue weighted by Crippen LogP contribution is 2.26. The van der Waals surface area contributed by atoms with Crippen molar-refractivity contribution in [3.05, 3.63) is 63.5 Å². The fraction of sp³-hybridized carbons (Fsp3) is 0.0714. The van der Waals surface area contributed by atoms with E-state index in [1.807, 2.05) is 0 Å². The first-order chi connectivity index (χ1) is 9.88. The SMILES string of the molecule is Cc1ccc(Nc2cc([N+](=O)[O-])ccc2C(=O)O)cc1F. The average molecular weight is 290 g/mol. The molecule has 6 nitrogen and oxygen atoms in total. The van der Waals surface area contributed by atoms with Crippen molar-refractivity contribution in [2.45, 2.75) is 6.92 Å². The van der Waals surface area contributed by atoms with Crippen molar-refractivity contribution in [3.63, 3.8) is 0 Å². The molecule has 2 aromatic rings. The van der Waals surface area contributed by atoms with Crippen LogP contribution in [0.5, 0.6) is 0 Å². The summed E-state index contributed by atoms with van der Waals surface area (Å²) < 4.78 is 13.5. The molecule has 0 radical (unpaired) electrons. The largest absolute Gasteiger partial charge is 0.478 e. The number of non-ortho nitro benzene ring substituents is 1. The summed E-state index contributed by atoms with van der Waals surface area (Å²) >= 11 is 0. The van der Waals surface area contributed by atoms with Crippen LogP contribution in [0, 0.1) is 22.9 Å². The molecule has 108 valence electrons. The van der Waals surface area contributed by atoms with Crippen molar-refractivity contribution >= 4 is 23.0 Å². The van der Waals surface area contributed by atoms with Gasteiger partial charge < -0.3 is 10.4 Å². The minimum atomic E-state index is -1.24. The van der Waals surface area contributed by atoms with Gasteiger partial charge in [-0.1, -0.05) is 6.07 Å². The van der Waals surface area contributed by atoms with Crippen LogP contribution in [0.4, 0.5) is 21.5 Å². The summed E-state index contributed by atoms with van der Waals surface area (Å²) in [7, 11) is 0. The first-order valence-electron chi connectivity index (χ1n) is 5.93. The second-order valence-corrected chi connectivity index (χ2v) is 4.38. The number of aryl methyl sites for hydroxylation is 1. The summed E-state index contributed by atoms with van der Waals surface area (Å²) in [5.41, 5.74) is 0.385. The zero-order valence-electron chi connectivity index (χ0n) is 11.0. The maximum Gasteiger partial charge on any atom is 0.337 e. The van der Waals surface area contributed by atoms with Crippen molar-refractivity contribution in [3.8, 4) is 0 Å². The number of aromatic carboxylic acids is 1. The molecule has 0 atom stereocenters. The Morgan fingerprint density at radius 3 is 2.57 bits per heavy atom. The van der Waals surface area contributed by atoms with Crippen molar-refractivity contribution in [1.29, 1.82) is 0 Å². The van der Waals surface area contributed by atoms with Crippen molar-refractivity contribution in [1.82, 2.24) is 0 Å². The van der Waals surface area contributed by atoms with Crippen LogP contribution in [0.25, 0.3) is 0 Å². The molecule has 2 N–H and O–H groups in total. The van der Waals surface area contributed by atoms with Gasteiger partial charge in [-0.25, -0.2) is 9.18 Å². The number of rotatable bonds is 4. The molecular formula is C14H11FN2O4. The number of carboxylic acid groups (broad SMARTS) is 1. The van der Waals surface area contributed by atoms with Crippen LogP contribution in [-0.4, -0.2) is 16.0 Å². The van der Waals surface area contributed by atoms with E-state index in [4.69, 9.17) is 5.11 Å². The first kappa shape index (κ1) is 14.4. The smallest absolute Gasteiger partial charge is 0.337 e. The number of carboxylic acids is 1. The van der Waals surface area contributed by atoms with E-state index in [9.17, 15) is 19.3 Å². The number of nitro benzene ring substituents is 1. The molecule has 0 saturated carbocycles. The van der Waals surface area contributed by atoms with E-state index in [0.29, 0.717) is 11.3 Å². The third-order valence-corrected chi connectivity index (χ3v) is 2.90. The second-order valence-electron chi connectivity index (χ2n) is 4.38. The lowest BCUT2D eigenvalue weighted by molar-refractivity contribution is -0.384. The summed E-state index contributed by atoms with van der Waals surface area (Å²) in [4.78, 5) is 21.3. The summed E-state index contributed by atoms with van der Waals surface area (Å²) in [5, 5.41) is 22.5. The number of hydrogen-bond donors (Lipinski definition) is 2. The number of nitrogens with zero attached hydrogens (tertiary/aromatic N) is 1. The Kier molecular flexibility index (Phi) is 3.84. The topological polar surface area (TPSA) is 92.5 Å². The highest BCUT2D eigenvalue weighted by Gasteiger charge is 2.15. The molecule has 0 saturated heterocycles. The normalized spacial score (nSPS) is 10.2. The molecule has 2 aromatic carbocycles. The van der Waals surface area contributed by atoms with Gasteiger partial charge in [0.2, 0.25) is 0 Å². The quantitative estimate of drug-likeness (QED) is 0.664. The van der Waals surface area contributed by atoms with Gasteiger partial charge in [0, 0.05) is 17.8 Å². The summed E-state index contributed by atoms with van der Waals surface area (Å²) in [6.45, 7) is 1.59. The molecule has 0 bridgehead atoms. The van der Waals surface area contributed by atoms with Gasteiger partial charge in [0.15, 0.2) is 0 Å². The minimum absolute atomic E-state index is 0.0277. The Morgan fingerprint density at radius 2 is 2.00 bits per heavy atom. The third-order valence-electron chi connectivity index (χ3n) is 2.90. The van der Waals surface area contributed by atoms with Crippen molar-refractivity contribution in [2.24, 2.45) is 0 Å². The molecule has 0 spiro atoms. The van der Waals surface area contributed by atoms with Crippen molar-refractivity contribution < 1.29 is 19.2 Å².